The molecule has 2 aliphatic rings. The zero-order chi connectivity index (χ0) is 21.5. The number of hydroxylamine groups is 1. The molecule has 2 aromatic rings. The van der Waals surface area contributed by atoms with Gasteiger partial charge in [0, 0.05) is 42.2 Å². The van der Waals surface area contributed by atoms with Gasteiger partial charge in [0.15, 0.2) is 0 Å². The van der Waals surface area contributed by atoms with Gasteiger partial charge >= 0.3 is 0 Å². The summed E-state index contributed by atoms with van der Waals surface area (Å²) in [7, 11) is 0. The summed E-state index contributed by atoms with van der Waals surface area (Å²) < 4.78 is 7.42. The molecule has 2 heterocycles. The molecule has 31 heavy (non-hydrogen) atoms. The Morgan fingerprint density at radius 2 is 1.68 bits per heavy atom. The lowest BCUT2D eigenvalue weighted by atomic mass is 10.1. The van der Waals surface area contributed by atoms with Crippen LogP contribution in [0.3, 0.4) is 0 Å². The van der Waals surface area contributed by atoms with Crippen molar-refractivity contribution >= 4 is 17.9 Å². The summed E-state index contributed by atoms with van der Waals surface area (Å²) in [5.41, 5.74) is 5.01. The molecule has 0 aromatic heterocycles. The summed E-state index contributed by atoms with van der Waals surface area (Å²) in [4.78, 5) is 15.2. The van der Waals surface area contributed by atoms with Crippen LogP contribution in [0.1, 0.15) is 29.5 Å². The van der Waals surface area contributed by atoms with E-state index in [4.69, 9.17) is 9.94 Å². The lowest BCUT2D eigenvalue weighted by Gasteiger charge is -2.26. The number of nitrogens with zero attached hydrogens (tertiary/aromatic N) is 2. The Hall–Kier alpha value is -2.34. The predicted octanol–water partition coefficient (Wildman–Crippen LogP) is 2.90. The van der Waals surface area contributed by atoms with E-state index in [0.29, 0.717) is 0 Å². The van der Waals surface area contributed by atoms with E-state index in [2.05, 4.69) is 41.0 Å². The van der Waals surface area contributed by atoms with Gasteiger partial charge in [-0.3, -0.25) is 14.9 Å². The maximum absolute atomic E-state index is 11.8. The molecule has 0 saturated carbocycles. The molecule has 1 amide bonds. The number of amides is 1. The minimum atomic E-state index is -0.344. The first-order valence-electron chi connectivity index (χ1n) is 10.6. The molecule has 1 atom stereocenters. The van der Waals surface area contributed by atoms with E-state index in [9.17, 15) is 4.79 Å². The molecule has 2 saturated heterocycles. The van der Waals surface area contributed by atoms with Crippen LogP contribution in [-0.4, -0.2) is 59.2 Å². The number of rotatable bonds is 5. The highest BCUT2D eigenvalue weighted by Gasteiger charge is 2.31. The van der Waals surface area contributed by atoms with E-state index in [1.165, 1.54) is 5.56 Å². The molecule has 162 valence electrons. The first-order valence-corrected chi connectivity index (χ1v) is 11.4. The quantitative estimate of drug-likeness (QED) is 0.325. The van der Waals surface area contributed by atoms with E-state index in [-0.39, 0.29) is 11.9 Å². The van der Waals surface area contributed by atoms with Crippen LogP contribution < -0.4 is 5.48 Å². The van der Waals surface area contributed by atoms with Crippen LogP contribution in [0, 0.1) is 11.8 Å². The number of nitrogens with one attached hydrogen (secondary N) is 1. The SMILES string of the molecule is O=C(NO)C1CCCN1Sc1ccc(C#Cc2ccc(CN3CCOCC3)cc2)cc1. The molecule has 0 aliphatic carbocycles. The third kappa shape index (κ3) is 6.10. The number of morpholine rings is 1. The van der Waals surface area contributed by atoms with Gasteiger partial charge in [0.1, 0.15) is 6.04 Å². The molecule has 2 fully saturated rings. The van der Waals surface area contributed by atoms with E-state index in [1.807, 2.05) is 28.6 Å². The summed E-state index contributed by atoms with van der Waals surface area (Å²) in [5, 5.41) is 8.90. The molecule has 7 heteroatoms. The molecule has 1 unspecified atom stereocenters. The van der Waals surface area contributed by atoms with Crippen molar-refractivity contribution < 1.29 is 14.7 Å². The minimum absolute atomic E-state index is 0.291. The minimum Gasteiger partial charge on any atom is -0.379 e. The molecule has 6 nitrogen and oxygen atoms in total. The van der Waals surface area contributed by atoms with Crippen molar-refractivity contribution in [1.82, 2.24) is 14.7 Å². The van der Waals surface area contributed by atoms with Crippen LogP contribution in [-0.2, 0) is 16.1 Å². The van der Waals surface area contributed by atoms with Gasteiger partial charge in [-0.05, 0) is 66.8 Å². The highest BCUT2D eigenvalue weighted by molar-refractivity contribution is 7.97. The topological polar surface area (TPSA) is 65.0 Å². The Morgan fingerprint density at radius 3 is 2.32 bits per heavy atom. The second kappa shape index (κ2) is 10.8. The van der Waals surface area contributed by atoms with Crippen molar-refractivity contribution in [3.05, 3.63) is 65.2 Å². The molecule has 4 rings (SSSR count). The van der Waals surface area contributed by atoms with Gasteiger partial charge in [-0.25, -0.2) is 9.79 Å². The van der Waals surface area contributed by atoms with Gasteiger partial charge in [0.05, 0.1) is 13.2 Å². The number of carbonyl (C=O) groups excluding carboxylic acids is 1. The van der Waals surface area contributed by atoms with Crippen LogP contribution in [0.25, 0.3) is 0 Å². The second-order valence-corrected chi connectivity index (χ2v) is 8.85. The lowest BCUT2D eigenvalue weighted by molar-refractivity contribution is -0.132. The summed E-state index contributed by atoms with van der Waals surface area (Å²) in [6, 6.07) is 16.2. The number of hydrogen-bond acceptors (Lipinski definition) is 6. The average molecular weight is 438 g/mol. The van der Waals surface area contributed by atoms with Crippen LogP contribution >= 0.6 is 11.9 Å². The van der Waals surface area contributed by atoms with Gasteiger partial charge in [-0.2, -0.15) is 0 Å². The monoisotopic (exact) mass is 437 g/mol. The molecule has 0 spiro atoms. The van der Waals surface area contributed by atoms with Crippen molar-refractivity contribution in [2.75, 3.05) is 32.8 Å². The number of carbonyl (C=O) groups is 1. The normalized spacial score (nSPS) is 19.6. The fourth-order valence-corrected chi connectivity index (χ4v) is 4.85. The van der Waals surface area contributed by atoms with E-state index >= 15 is 0 Å². The van der Waals surface area contributed by atoms with Crippen molar-refractivity contribution in [2.24, 2.45) is 0 Å². The Morgan fingerprint density at radius 1 is 1.03 bits per heavy atom. The summed E-state index contributed by atoms with van der Waals surface area (Å²) in [5.74, 6) is 6.11. The van der Waals surface area contributed by atoms with Gasteiger partial charge < -0.3 is 4.74 Å². The van der Waals surface area contributed by atoms with E-state index in [1.54, 1.807) is 17.4 Å². The van der Waals surface area contributed by atoms with Crippen LogP contribution in [0.4, 0.5) is 0 Å². The highest BCUT2D eigenvalue weighted by Crippen LogP contribution is 2.31. The van der Waals surface area contributed by atoms with Crippen LogP contribution in [0.2, 0.25) is 0 Å². The number of ether oxygens (including phenoxy) is 1. The first kappa shape index (κ1) is 21.9. The molecular formula is C24H27N3O3S. The smallest absolute Gasteiger partial charge is 0.261 e. The lowest BCUT2D eigenvalue weighted by Crippen LogP contribution is -2.38. The molecule has 0 radical (unpaired) electrons. The van der Waals surface area contributed by atoms with E-state index in [0.717, 1.165) is 68.3 Å². The van der Waals surface area contributed by atoms with Crippen LogP contribution in [0.15, 0.2) is 53.4 Å². The first-order chi connectivity index (χ1) is 15.2. The number of benzene rings is 2. The summed E-state index contributed by atoms with van der Waals surface area (Å²) >= 11 is 1.54. The number of hydrogen-bond donors (Lipinski definition) is 2. The van der Waals surface area contributed by atoms with Crippen molar-refractivity contribution in [3.63, 3.8) is 0 Å². The Balaban J connectivity index is 1.32. The van der Waals surface area contributed by atoms with Crippen molar-refractivity contribution in [2.45, 2.75) is 30.3 Å². The highest BCUT2D eigenvalue weighted by atomic mass is 32.2. The third-order valence-electron chi connectivity index (χ3n) is 5.51. The van der Waals surface area contributed by atoms with Gasteiger partial charge in [0.2, 0.25) is 0 Å². The third-order valence-corrected chi connectivity index (χ3v) is 6.66. The average Bonchev–Trinajstić information content (AvgIpc) is 3.28. The zero-order valence-corrected chi connectivity index (χ0v) is 18.2. The fraction of sp³-hybridized carbons (Fsp3) is 0.375. The van der Waals surface area contributed by atoms with Gasteiger partial charge in [0.25, 0.3) is 5.91 Å². The Labute approximate surface area is 187 Å². The fourth-order valence-electron chi connectivity index (χ4n) is 3.78. The molecular weight excluding hydrogens is 410 g/mol. The Kier molecular flexibility index (Phi) is 7.62. The largest absolute Gasteiger partial charge is 0.379 e. The molecule has 2 aliphatic heterocycles. The molecule has 2 N–H and O–H groups in total. The maximum Gasteiger partial charge on any atom is 0.261 e. The summed E-state index contributed by atoms with van der Waals surface area (Å²) in [6.45, 7) is 5.39. The zero-order valence-electron chi connectivity index (χ0n) is 17.4. The summed E-state index contributed by atoms with van der Waals surface area (Å²) in [6.07, 6.45) is 1.70. The van der Waals surface area contributed by atoms with Gasteiger partial charge in [-0.15, -0.1) is 0 Å². The Bertz CT molecular complexity index is 931. The second-order valence-electron chi connectivity index (χ2n) is 7.73. The molecule has 0 bridgehead atoms. The standard InChI is InChI=1S/C24H27N3O3S/c28-24(25-29)23-2-1-13-27(23)31-22-11-9-20(10-12-22)4-3-19-5-7-21(8-6-19)18-26-14-16-30-17-15-26/h5-12,23,29H,1-2,13-18H2,(H,25,28). The van der Waals surface area contributed by atoms with Crippen LogP contribution in [0.5, 0.6) is 0 Å². The van der Waals surface area contributed by atoms with E-state index < -0.39 is 0 Å². The van der Waals surface area contributed by atoms with Crippen molar-refractivity contribution in [3.8, 4) is 11.8 Å². The predicted molar refractivity (Wildman–Crippen MR) is 120 cm³/mol. The van der Waals surface area contributed by atoms with Crippen molar-refractivity contribution in [1.29, 1.82) is 0 Å². The van der Waals surface area contributed by atoms with Gasteiger partial charge in [-0.1, -0.05) is 24.0 Å². The molecule has 2 aromatic carbocycles. The maximum atomic E-state index is 11.8.